The van der Waals surface area contributed by atoms with Crippen LogP contribution in [0.5, 0.6) is 0 Å². The standard InChI is InChI=1S/C8H18.C5H12.C2H3N/c1-3-5-7-8-6-4-2;1-3-5-4-2;1-2-3/h3-8H2,1-2H3;3-5H2,1-2H3;1H3. The van der Waals surface area contributed by atoms with Crippen LogP contribution < -0.4 is 0 Å². The van der Waals surface area contributed by atoms with E-state index in [2.05, 4.69) is 27.7 Å². The van der Waals surface area contributed by atoms with E-state index >= 15 is 0 Å². The first-order valence-corrected chi connectivity index (χ1v) is 7.05. The van der Waals surface area contributed by atoms with Crippen LogP contribution in [0, 0.1) is 11.3 Å². The Balaban J connectivity index is -0.000000181. The Kier molecular flexibility index (Phi) is 38.2. The summed E-state index contributed by atoms with van der Waals surface area (Å²) in [5, 5.41) is 7.32. The smallest absolute Gasteiger partial charge is 0.0587 e. The fraction of sp³-hybridized carbons (Fsp3) is 0.933. The Morgan fingerprint density at radius 2 is 0.875 bits per heavy atom. The van der Waals surface area contributed by atoms with E-state index in [1.54, 1.807) is 6.07 Å². The predicted molar refractivity (Wildman–Crippen MR) is 75.5 cm³/mol. The van der Waals surface area contributed by atoms with Crippen molar-refractivity contribution in [3.63, 3.8) is 0 Å². The van der Waals surface area contributed by atoms with E-state index in [9.17, 15) is 0 Å². The van der Waals surface area contributed by atoms with Gasteiger partial charge in [0.05, 0.1) is 6.07 Å². The molecule has 0 aromatic rings. The van der Waals surface area contributed by atoms with Gasteiger partial charge in [0.1, 0.15) is 0 Å². The zero-order chi connectivity index (χ0) is 13.1. The molecule has 0 bridgehead atoms. The third-order valence-electron chi connectivity index (χ3n) is 2.16. The highest BCUT2D eigenvalue weighted by molar-refractivity contribution is 4.51. The first-order valence-electron chi connectivity index (χ1n) is 7.05. The molecule has 0 aliphatic rings. The molecule has 0 radical (unpaired) electrons. The molecule has 0 aliphatic carbocycles. The number of nitriles is 1. The van der Waals surface area contributed by atoms with Gasteiger partial charge in [-0.3, -0.25) is 0 Å². The first-order chi connectivity index (χ1) is 7.74. The third-order valence-corrected chi connectivity index (χ3v) is 2.16. The molecule has 0 unspecified atom stereocenters. The maximum atomic E-state index is 7.32. The van der Waals surface area contributed by atoms with Crippen molar-refractivity contribution in [2.75, 3.05) is 0 Å². The summed E-state index contributed by atoms with van der Waals surface area (Å²) in [4.78, 5) is 0. The lowest BCUT2D eigenvalue weighted by atomic mass is 10.1. The number of unbranched alkanes of at least 4 members (excludes halogenated alkanes) is 7. The molecular formula is C15H33N. The lowest BCUT2D eigenvalue weighted by molar-refractivity contribution is 0.624. The van der Waals surface area contributed by atoms with Crippen LogP contribution in [0.15, 0.2) is 0 Å². The van der Waals surface area contributed by atoms with Crippen molar-refractivity contribution < 1.29 is 0 Å². The predicted octanol–water partition coefficient (Wildman–Crippen LogP) is 6.09. The summed E-state index contributed by atoms with van der Waals surface area (Å²) < 4.78 is 0. The summed E-state index contributed by atoms with van der Waals surface area (Å²) in [6.45, 7) is 10.4. The molecule has 0 N–H and O–H groups in total. The highest BCUT2D eigenvalue weighted by atomic mass is 14.2. The van der Waals surface area contributed by atoms with Crippen LogP contribution in [0.2, 0.25) is 0 Å². The van der Waals surface area contributed by atoms with Crippen molar-refractivity contribution >= 4 is 0 Å². The molecule has 0 saturated carbocycles. The highest BCUT2D eigenvalue weighted by Gasteiger charge is 1.83. The van der Waals surface area contributed by atoms with Gasteiger partial charge < -0.3 is 0 Å². The lowest BCUT2D eigenvalue weighted by Crippen LogP contribution is -1.73. The second-order valence-corrected chi connectivity index (χ2v) is 3.99. The average molecular weight is 227 g/mol. The van der Waals surface area contributed by atoms with Crippen molar-refractivity contribution in [2.45, 2.75) is 92.4 Å². The topological polar surface area (TPSA) is 23.8 Å². The number of hydrogen-bond donors (Lipinski definition) is 0. The van der Waals surface area contributed by atoms with Gasteiger partial charge in [0.15, 0.2) is 0 Å². The molecule has 0 saturated heterocycles. The largest absolute Gasteiger partial charge is 0.199 e. The Bertz CT molecular complexity index is 105. The minimum Gasteiger partial charge on any atom is -0.199 e. The van der Waals surface area contributed by atoms with Crippen LogP contribution in [0.4, 0.5) is 0 Å². The molecule has 98 valence electrons. The minimum atomic E-state index is 1.34. The number of hydrogen-bond acceptors (Lipinski definition) is 1. The maximum Gasteiger partial charge on any atom is 0.0587 e. The Morgan fingerprint density at radius 3 is 1.00 bits per heavy atom. The van der Waals surface area contributed by atoms with E-state index in [0.717, 1.165) is 0 Å². The molecule has 0 aliphatic heterocycles. The Hall–Kier alpha value is -0.510. The maximum absolute atomic E-state index is 7.32. The van der Waals surface area contributed by atoms with Crippen molar-refractivity contribution in [1.29, 1.82) is 5.26 Å². The van der Waals surface area contributed by atoms with Gasteiger partial charge in [-0.2, -0.15) is 5.26 Å². The molecule has 0 aromatic heterocycles. The molecule has 0 aromatic carbocycles. The van der Waals surface area contributed by atoms with Crippen LogP contribution >= 0.6 is 0 Å². The second-order valence-electron chi connectivity index (χ2n) is 3.99. The molecule has 1 nitrogen and oxygen atoms in total. The fourth-order valence-corrected chi connectivity index (χ4v) is 1.21. The molecule has 1 heteroatoms. The summed E-state index contributed by atoms with van der Waals surface area (Å²) in [6, 6.07) is 1.75. The van der Waals surface area contributed by atoms with E-state index in [1.807, 2.05) is 0 Å². The summed E-state index contributed by atoms with van der Waals surface area (Å²) in [5.41, 5.74) is 0. The highest BCUT2D eigenvalue weighted by Crippen LogP contribution is 2.03. The van der Waals surface area contributed by atoms with Gasteiger partial charge in [-0.15, -0.1) is 0 Å². The fourth-order valence-electron chi connectivity index (χ4n) is 1.21. The van der Waals surface area contributed by atoms with Crippen molar-refractivity contribution in [1.82, 2.24) is 0 Å². The van der Waals surface area contributed by atoms with Crippen LogP contribution in [0.25, 0.3) is 0 Å². The molecular weight excluding hydrogens is 194 g/mol. The molecule has 0 atom stereocenters. The van der Waals surface area contributed by atoms with Crippen molar-refractivity contribution in [3.8, 4) is 6.07 Å². The van der Waals surface area contributed by atoms with E-state index in [1.165, 1.54) is 64.7 Å². The lowest BCUT2D eigenvalue weighted by Gasteiger charge is -1.93. The van der Waals surface area contributed by atoms with Gasteiger partial charge in [-0.05, 0) is 0 Å². The zero-order valence-corrected chi connectivity index (χ0v) is 12.3. The zero-order valence-electron chi connectivity index (χ0n) is 12.3. The number of nitrogens with zero attached hydrogens (tertiary/aromatic N) is 1. The van der Waals surface area contributed by atoms with Crippen molar-refractivity contribution in [2.24, 2.45) is 0 Å². The van der Waals surface area contributed by atoms with Gasteiger partial charge in [0.25, 0.3) is 0 Å². The van der Waals surface area contributed by atoms with E-state index in [4.69, 9.17) is 5.26 Å². The Morgan fingerprint density at radius 1 is 0.625 bits per heavy atom. The molecule has 0 amide bonds. The van der Waals surface area contributed by atoms with Crippen LogP contribution in [0.3, 0.4) is 0 Å². The van der Waals surface area contributed by atoms with Crippen LogP contribution in [0.1, 0.15) is 92.4 Å². The van der Waals surface area contributed by atoms with Gasteiger partial charge in [-0.1, -0.05) is 85.5 Å². The summed E-state index contributed by atoms with van der Waals surface area (Å²) in [7, 11) is 0. The molecule has 0 spiro atoms. The van der Waals surface area contributed by atoms with Crippen LogP contribution in [-0.4, -0.2) is 0 Å². The van der Waals surface area contributed by atoms with E-state index in [-0.39, 0.29) is 0 Å². The van der Waals surface area contributed by atoms with E-state index < -0.39 is 0 Å². The van der Waals surface area contributed by atoms with Gasteiger partial charge >= 0.3 is 0 Å². The van der Waals surface area contributed by atoms with Gasteiger partial charge in [0.2, 0.25) is 0 Å². The normalized spacial score (nSPS) is 8.00. The number of rotatable bonds is 7. The SMILES string of the molecule is CC#N.CCCCC.CCCCCCCC. The molecule has 0 rings (SSSR count). The Labute approximate surface area is 104 Å². The molecule has 0 heterocycles. The third kappa shape index (κ3) is 50.0. The first kappa shape index (κ1) is 20.8. The van der Waals surface area contributed by atoms with Gasteiger partial charge in [-0.25, -0.2) is 0 Å². The second kappa shape index (κ2) is 29.3. The summed E-state index contributed by atoms with van der Waals surface area (Å²) >= 11 is 0. The quantitative estimate of drug-likeness (QED) is 0.482. The molecule has 0 fully saturated rings. The molecule has 16 heavy (non-hydrogen) atoms. The van der Waals surface area contributed by atoms with Crippen molar-refractivity contribution in [3.05, 3.63) is 0 Å². The minimum absolute atomic E-state index is 1.34. The summed E-state index contributed by atoms with van der Waals surface area (Å²) in [6.07, 6.45) is 12.6. The van der Waals surface area contributed by atoms with E-state index in [0.29, 0.717) is 0 Å². The van der Waals surface area contributed by atoms with Gasteiger partial charge in [0, 0.05) is 6.92 Å². The summed E-state index contributed by atoms with van der Waals surface area (Å²) in [5.74, 6) is 0. The monoisotopic (exact) mass is 227 g/mol. The van der Waals surface area contributed by atoms with Crippen LogP contribution in [-0.2, 0) is 0 Å². The average Bonchev–Trinajstić information content (AvgIpc) is 2.28.